The van der Waals surface area contributed by atoms with Crippen LogP contribution in [0.4, 0.5) is 5.82 Å². The number of nitrogens with zero attached hydrogens (tertiary/aromatic N) is 1. The maximum Gasteiger partial charge on any atom is 0.140 e. The summed E-state index contributed by atoms with van der Waals surface area (Å²) in [6, 6.07) is 2.59. The number of aryl methyl sites for hydroxylation is 1. The third-order valence-corrected chi connectivity index (χ3v) is 4.88. The zero-order valence-electron chi connectivity index (χ0n) is 10.6. The Bertz CT molecular complexity index is 410. The molecule has 88 valence electrons. The Morgan fingerprint density at radius 3 is 2.25 bits per heavy atom. The van der Waals surface area contributed by atoms with Gasteiger partial charge in [0.15, 0.2) is 0 Å². The predicted octanol–water partition coefficient (Wildman–Crippen LogP) is 4.00. The fraction of sp³-hybridized carbons (Fsp3) is 0.615. The number of aromatic nitrogens is 1. The Morgan fingerprint density at radius 1 is 1.25 bits per heavy atom. The first-order chi connectivity index (χ1) is 7.26. The van der Waals surface area contributed by atoms with Crippen LogP contribution in [-0.4, -0.2) is 11.0 Å². The Kier molecular flexibility index (Phi) is 2.57. The zero-order valence-corrected chi connectivity index (χ0v) is 12.1. The SMILES string of the molecule is Cc1cnc(NC2C(C)(C)C2(C)C)c(Br)c1. The van der Waals surface area contributed by atoms with Gasteiger partial charge in [0.05, 0.1) is 4.47 Å². The van der Waals surface area contributed by atoms with Crippen molar-refractivity contribution < 1.29 is 0 Å². The van der Waals surface area contributed by atoms with Crippen LogP contribution in [0.2, 0.25) is 0 Å². The number of rotatable bonds is 2. The summed E-state index contributed by atoms with van der Waals surface area (Å²) in [4.78, 5) is 4.43. The monoisotopic (exact) mass is 282 g/mol. The number of hydrogen-bond acceptors (Lipinski definition) is 2. The molecular formula is C13H19BrN2. The van der Waals surface area contributed by atoms with Crippen LogP contribution < -0.4 is 5.32 Å². The first-order valence-corrected chi connectivity index (χ1v) is 6.45. The highest BCUT2D eigenvalue weighted by Gasteiger charge is 2.65. The van der Waals surface area contributed by atoms with E-state index in [4.69, 9.17) is 0 Å². The van der Waals surface area contributed by atoms with Crippen LogP contribution in [0.5, 0.6) is 0 Å². The Balaban J connectivity index is 2.18. The maximum atomic E-state index is 4.43. The molecule has 0 atom stereocenters. The third-order valence-electron chi connectivity index (χ3n) is 4.28. The topological polar surface area (TPSA) is 24.9 Å². The van der Waals surface area contributed by atoms with Crippen LogP contribution in [0.1, 0.15) is 33.3 Å². The second-order valence-electron chi connectivity index (χ2n) is 5.86. The lowest BCUT2D eigenvalue weighted by atomic mass is 10.0. The average molecular weight is 283 g/mol. The van der Waals surface area contributed by atoms with E-state index in [0.717, 1.165) is 10.3 Å². The summed E-state index contributed by atoms with van der Waals surface area (Å²) in [7, 11) is 0. The van der Waals surface area contributed by atoms with Crippen LogP contribution in [0.25, 0.3) is 0 Å². The van der Waals surface area contributed by atoms with Crippen LogP contribution in [0.15, 0.2) is 16.7 Å². The molecule has 1 aromatic heterocycles. The standard InChI is InChI=1S/C13H19BrN2/c1-8-6-9(14)10(15-7-8)16-11-12(2,3)13(11,4)5/h6-7,11H,1-5H3,(H,15,16). The molecule has 0 unspecified atom stereocenters. The maximum absolute atomic E-state index is 4.43. The van der Waals surface area contributed by atoms with Gasteiger partial charge in [-0.05, 0) is 45.3 Å². The van der Waals surface area contributed by atoms with Crippen molar-refractivity contribution in [3.8, 4) is 0 Å². The molecule has 1 fully saturated rings. The van der Waals surface area contributed by atoms with E-state index in [0.29, 0.717) is 16.9 Å². The molecule has 1 aromatic rings. The summed E-state index contributed by atoms with van der Waals surface area (Å²) in [6.45, 7) is 11.2. The molecule has 0 amide bonds. The van der Waals surface area contributed by atoms with Gasteiger partial charge in [-0.1, -0.05) is 27.7 Å². The molecule has 2 rings (SSSR count). The molecule has 0 radical (unpaired) electrons. The average Bonchev–Trinajstić information content (AvgIpc) is 2.52. The lowest BCUT2D eigenvalue weighted by Gasteiger charge is -2.09. The molecular weight excluding hydrogens is 264 g/mol. The van der Waals surface area contributed by atoms with Gasteiger partial charge in [0.25, 0.3) is 0 Å². The van der Waals surface area contributed by atoms with Crippen molar-refractivity contribution in [1.82, 2.24) is 4.98 Å². The summed E-state index contributed by atoms with van der Waals surface area (Å²) < 4.78 is 1.05. The summed E-state index contributed by atoms with van der Waals surface area (Å²) in [5, 5.41) is 3.53. The fourth-order valence-electron chi connectivity index (χ4n) is 2.33. The molecule has 1 N–H and O–H groups in total. The van der Waals surface area contributed by atoms with E-state index in [1.165, 1.54) is 5.56 Å². The van der Waals surface area contributed by atoms with E-state index >= 15 is 0 Å². The van der Waals surface area contributed by atoms with E-state index in [2.05, 4.69) is 60.0 Å². The lowest BCUT2D eigenvalue weighted by molar-refractivity contribution is 0.457. The van der Waals surface area contributed by atoms with Crippen LogP contribution in [0.3, 0.4) is 0 Å². The van der Waals surface area contributed by atoms with E-state index in [9.17, 15) is 0 Å². The van der Waals surface area contributed by atoms with E-state index in [-0.39, 0.29) is 0 Å². The minimum Gasteiger partial charge on any atom is -0.365 e. The first kappa shape index (κ1) is 11.9. The molecule has 0 aromatic carbocycles. The summed E-state index contributed by atoms with van der Waals surface area (Å²) in [5.74, 6) is 0.953. The lowest BCUT2D eigenvalue weighted by Crippen LogP contribution is -2.11. The van der Waals surface area contributed by atoms with Gasteiger partial charge >= 0.3 is 0 Å². The van der Waals surface area contributed by atoms with Crippen LogP contribution in [-0.2, 0) is 0 Å². The molecule has 2 nitrogen and oxygen atoms in total. The predicted molar refractivity (Wildman–Crippen MR) is 71.6 cm³/mol. The van der Waals surface area contributed by atoms with Crippen molar-refractivity contribution in [2.45, 2.75) is 40.7 Å². The molecule has 16 heavy (non-hydrogen) atoms. The van der Waals surface area contributed by atoms with Crippen molar-refractivity contribution in [2.24, 2.45) is 10.8 Å². The van der Waals surface area contributed by atoms with Gasteiger partial charge in [-0.25, -0.2) is 4.98 Å². The van der Waals surface area contributed by atoms with Gasteiger partial charge in [-0.2, -0.15) is 0 Å². The second kappa shape index (κ2) is 3.46. The highest BCUT2D eigenvalue weighted by Crippen LogP contribution is 2.63. The van der Waals surface area contributed by atoms with E-state index in [1.54, 1.807) is 0 Å². The molecule has 0 bridgehead atoms. The van der Waals surface area contributed by atoms with Crippen molar-refractivity contribution in [2.75, 3.05) is 5.32 Å². The largest absolute Gasteiger partial charge is 0.365 e. The van der Waals surface area contributed by atoms with Gasteiger partial charge in [0.1, 0.15) is 5.82 Å². The van der Waals surface area contributed by atoms with E-state index < -0.39 is 0 Å². The fourth-order valence-corrected chi connectivity index (χ4v) is 2.91. The normalized spacial score (nSPS) is 21.9. The van der Waals surface area contributed by atoms with Crippen molar-refractivity contribution in [3.63, 3.8) is 0 Å². The summed E-state index contributed by atoms with van der Waals surface area (Å²) in [6.07, 6.45) is 1.90. The number of pyridine rings is 1. The number of hydrogen-bond donors (Lipinski definition) is 1. The van der Waals surface area contributed by atoms with Gasteiger partial charge in [-0.15, -0.1) is 0 Å². The first-order valence-electron chi connectivity index (χ1n) is 5.65. The molecule has 0 spiro atoms. The Morgan fingerprint density at radius 2 is 1.81 bits per heavy atom. The molecule has 0 saturated heterocycles. The van der Waals surface area contributed by atoms with Gasteiger partial charge in [-0.3, -0.25) is 0 Å². The molecule has 3 heteroatoms. The van der Waals surface area contributed by atoms with E-state index in [1.807, 2.05) is 13.1 Å². The molecule has 1 saturated carbocycles. The van der Waals surface area contributed by atoms with Crippen molar-refractivity contribution in [1.29, 1.82) is 0 Å². The van der Waals surface area contributed by atoms with Crippen LogP contribution in [0, 0.1) is 17.8 Å². The molecule has 1 heterocycles. The molecule has 0 aliphatic heterocycles. The minimum absolute atomic E-state index is 0.332. The number of halogens is 1. The Labute approximate surface area is 106 Å². The van der Waals surface area contributed by atoms with Gasteiger partial charge in [0.2, 0.25) is 0 Å². The highest BCUT2D eigenvalue weighted by molar-refractivity contribution is 9.10. The molecule has 1 aliphatic rings. The third kappa shape index (κ3) is 1.65. The van der Waals surface area contributed by atoms with Crippen molar-refractivity contribution >= 4 is 21.7 Å². The smallest absolute Gasteiger partial charge is 0.140 e. The summed E-state index contributed by atoms with van der Waals surface area (Å²) >= 11 is 3.55. The number of anilines is 1. The second-order valence-corrected chi connectivity index (χ2v) is 6.72. The van der Waals surface area contributed by atoms with Gasteiger partial charge in [0, 0.05) is 12.2 Å². The quantitative estimate of drug-likeness (QED) is 0.887. The molecule has 1 aliphatic carbocycles. The zero-order chi connectivity index (χ0) is 12.1. The number of nitrogens with one attached hydrogen (secondary N) is 1. The summed E-state index contributed by atoms with van der Waals surface area (Å²) in [5.41, 5.74) is 1.84. The van der Waals surface area contributed by atoms with Crippen molar-refractivity contribution in [3.05, 3.63) is 22.3 Å². The highest BCUT2D eigenvalue weighted by atomic mass is 79.9. The van der Waals surface area contributed by atoms with Gasteiger partial charge < -0.3 is 5.32 Å². The minimum atomic E-state index is 0.332. The van der Waals surface area contributed by atoms with Crippen LogP contribution >= 0.6 is 15.9 Å². The Hall–Kier alpha value is -0.570.